The van der Waals surface area contributed by atoms with E-state index in [0.29, 0.717) is 0 Å². The first-order valence-corrected chi connectivity index (χ1v) is 5.49. The van der Waals surface area contributed by atoms with Crippen molar-refractivity contribution < 1.29 is 0 Å². The summed E-state index contributed by atoms with van der Waals surface area (Å²) in [5.41, 5.74) is 6.41. The summed E-state index contributed by atoms with van der Waals surface area (Å²) in [6, 6.07) is 9.34. The smallest absolute Gasteiger partial charge is 0.0146 e. The van der Waals surface area contributed by atoms with E-state index in [1.54, 1.807) is 22.3 Å². The Morgan fingerprint density at radius 1 is 0.571 bits per heavy atom. The van der Waals surface area contributed by atoms with Crippen molar-refractivity contribution in [3.63, 3.8) is 0 Å². The van der Waals surface area contributed by atoms with Gasteiger partial charge in [0.05, 0.1) is 0 Å². The molecule has 2 aliphatic carbocycles. The molecule has 0 nitrogen and oxygen atoms in total. The Kier molecular flexibility index (Phi) is 1.11. The molecule has 4 rings (SSSR count). The van der Waals surface area contributed by atoms with Gasteiger partial charge in [0, 0.05) is 0 Å². The van der Waals surface area contributed by atoms with Crippen LogP contribution in [0.1, 0.15) is 22.3 Å². The van der Waals surface area contributed by atoms with Gasteiger partial charge in [-0.2, -0.15) is 0 Å². The Morgan fingerprint density at radius 3 is 1.43 bits per heavy atom. The molecule has 0 heterocycles. The maximum absolute atomic E-state index is 2.34. The lowest BCUT2D eigenvalue weighted by Gasteiger charge is -2.26. The average Bonchev–Trinajstić information content (AvgIpc) is 2.07. The van der Waals surface area contributed by atoms with Crippen LogP contribution < -0.4 is 0 Å². The average molecular weight is 180 g/mol. The molecule has 0 saturated carbocycles. The fourth-order valence-electron chi connectivity index (χ4n) is 2.85. The summed E-state index contributed by atoms with van der Waals surface area (Å²) in [6.45, 7) is 0. The molecule has 0 atom stereocenters. The lowest BCUT2D eigenvalue weighted by molar-refractivity contribution is 0.837. The molecule has 0 unspecified atom stereocenters. The molecule has 2 aromatic carbocycles. The van der Waals surface area contributed by atoms with E-state index >= 15 is 0 Å². The molecule has 0 spiro atoms. The zero-order chi connectivity index (χ0) is 9.12. The first kappa shape index (κ1) is 7.05. The van der Waals surface area contributed by atoms with Crippen molar-refractivity contribution in [1.29, 1.82) is 0 Å². The van der Waals surface area contributed by atoms with Gasteiger partial charge < -0.3 is 0 Å². The van der Waals surface area contributed by atoms with E-state index in [4.69, 9.17) is 0 Å². The lowest BCUT2D eigenvalue weighted by atomic mass is 9.78. The number of rotatable bonds is 0. The monoisotopic (exact) mass is 180 g/mol. The summed E-state index contributed by atoms with van der Waals surface area (Å²) >= 11 is 0. The predicted molar refractivity (Wildman–Crippen MR) is 58.8 cm³/mol. The van der Waals surface area contributed by atoms with Gasteiger partial charge in [0.2, 0.25) is 0 Å². The fourth-order valence-corrected chi connectivity index (χ4v) is 2.85. The number of hydrogen-bond acceptors (Lipinski definition) is 0. The summed E-state index contributed by atoms with van der Waals surface area (Å²) in [5.74, 6) is 0. The molecule has 0 amide bonds. The molecule has 68 valence electrons. The normalized spacial score (nSPS) is 16.9. The van der Waals surface area contributed by atoms with Gasteiger partial charge in [0.15, 0.2) is 0 Å². The fraction of sp³-hybridized carbons (Fsp3) is 0.286. The third kappa shape index (κ3) is 0.672. The Balaban J connectivity index is 2.20. The van der Waals surface area contributed by atoms with Crippen molar-refractivity contribution >= 4 is 10.8 Å². The van der Waals surface area contributed by atoms with E-state index in [2.05, 4.69) is 24.3 Å². The van der Waals surface area contributed by atoms with E-state index in [9.17, 15) is 0 Å². The summed E-state index contributed by atoms with van der Waals surface area (Å²) in [6.07, 6.45) is 5.18. The lowest BCUT2D eigenvalue weighted by Crippen LogP contribution is -2.12. The van der Waals surface area contributed by atoms with E-state index < -0.39 is 0 Å². The van der Waals surface area contributed by atoms with Gasteiger partial charge >= 0.3 is 0 Å². The third-order valence-electron chi connectivity index (χ3n) is 3.91. The van der Waals surface area contributed by atoms with Crippen LogP contribution in [0, 0.1) is 0 Å². The quantitative estimate of drug-likeness (QED) is 0.584. The third-order valence-corrected chi connectivity index (χ3v) is 3.91. The summed E-state index contributed by atoms with van der Waals surface area (Å²) in [5, 5.41) is 3.07. The summed E-state index contributed by atoms with van der Waals surface area (Å²) < 4.78 is 0. The first-order valence-electron chi connectivity index (χ1n) is 5.49. The second kappa shape index (κ2) is 2.20. The molecule has 0 radical (unpaired) electrons. The van der Waals surface area contributed by atoms with Gasteiger partial charge in [0.1, 0.15) is 0 Å². The molecule has 0 aromatic heterocycles. The number of fused-ring (bicyclic) bond motifs is 5. The van der Waals surface area contributed by atoms with Crippen LogP contribution in [0.5, 0.6) is 0 Å². The van der Waals surface area contributed by atoms with Crippen LogP contribution in [0.3, 0.4) is 0 Å². The van der Waals surface area contributed by atoms with Gasteiger partial charge in [-0.15, -0.1) is 0 Å². The zero-order valence-corrected chi connectivity index (χ0v) is 8.14. The minimum Gasteiger partial charge on any atom is -0.0581 e. The Hall–Kier alpha value is -1.30. The van der Waals surface area contributed by atoms with Crippen molar-refractivity contribution in [2.45, 2.75) is 25.7 Å². The number of benzene rings is 2. The maximum atomic E-state index is 2.34. The topological polar surface area (TPSA) is 0 Å². The minimum absolute atomic E-state index is 1.29. The van der Waals surface area contributed by atoms with Crippen LogP contribution in [-0.2, 0) is 25.7 Å². The van der Waals surface area contributed by atoms with Crippen molar-refractivity contribution in [1.82, 2.24) is 0 Å². The van der Waals surface area contributed by atoms with Crippen LogP contribution >= 0.6 is 0 Å². The van der Waals surface area contributed by atoms with Crippen LogP contribution in [0.15, 0.2) is 24.3 Å². The molecule has 2 aromatic rings. The predicted octanol–water partition coefficient (Wildman–Crippen LogP) is 3.04. The number of aryl methyl sites for hydroxylation is 4. The van der Waals surface area contributed by atoms with Gasteiger partial charge in [-0.1, -0.05) is 24.3 Å². The molecular formula is C14H12. The van der Waals surface area contributed by atoms with Crippen molar-refractivity contribution in [3.05, 3.63) is 46.5 Å². The minimum atomic E-state index is 1.29. The maximum Gasteiger partial charge on any atom is -0.0146 e. The van der Waals surface area contributed by atoms with Crippen molar-refractivity contribution in [2.24, 2.45) is 0 Å². The Morgan fingerprint density at radius 2 is 1.07 bits per heavy atom. The molecule has 14 heavy (non-hydrogen) atoms. The molecule has 0 fully saturated rings. The van der Waals surface area contributed by atoms with Crippen molar-refractivity contribution in [2.75, 3.05) is 0 Å². The van der Waals surface area contributed by atoms with Crippen LogP contribution in [0.25, 0.3) is 10.8 Å². The van der Waals surface area contributed by atoms with Crippen LogP contribution in [-0.4, -0.2) is 0 Å². The van der Waals surface area contributed by atoms with Gasteiger partial charge in [0.25, 0.3) is 0 Å². The second-order valence-corrected chi connectivity index (χ2v) is 4.50. The molecule has 0 aliphatic heterocycles. The SMILES string of the molecule is c1cc2c3c(ccc2c2c1CC2)CC3. The van der Waals surface area contributed by atoms with Crippen LogP contribution in [0.4, 0.5) is 0 Å². The van der Waals surface area contributed by atoms with E-state index in [1.165, 1.54) is 36.5 Å². The molecule has 0 N–H and O–H groups in total. The molecule has 0 bridgehead atoms. The number of hydrogen-bond donors (Lipinski definition) is 0. The highest BCUT2D eigenvalue weighted by Crippen LogP contribution is 2.37. The van der Waals surface area contributed by atoms with E-state index in [0.717, 1.165) is 0 Å². The Labute approximate surface area is 83.6 Å². The molecule has 2 aliphatic rings. The standard InChI is InChI=1S/C14H12/c1-5-11-9(1)3-7-14-12-6-2-10(12)4-8-13(11)14/h3-4,7-8H,1-2,5-6H2. The first-order chi connectivity index (χ1) is 6.93. The highest BCUT2D eigenvalue weighted by Gasteiger charge is 2.21. The van der Waals surface area contributed by atoms with Gasteiger partial charge in [-0.3, -0.25) is 0 Å². The van der Waals surface area contributed by atoms with E-state index in [1.807, 2.05) is 0 Å². The highest BCUT2D eigenvalue weighted by atomic mass is 14.2. The second-order valence-electron chi connectivity index (χ2n) is 4.50. The highest BCUT2D eigenvalue weighted by molar-refractivity contribution is 5.92. The summed E-state index contributed by atoms with van der Waals surface area (Å²) in [4.78, 5) is 0. The van der Waals surface area contributed by atoms with Crippen LogP contribution in [0.2, 0.25) is 0 Å². The largest absolute Gasteiger partial charge is 0.0581 e. The summed E-state index contributed by atoms with van der Waals surface area (Å²) in [7, 11) is 0. The zero-order valence-electron chi connectivity index (χ0n) is 8.14. The Bertz CT molecular complexity index is 498. The molecule has 0 heteroatoms. The van der Waals surface area contributed by atoms with Gasteiger partial charge in [-0.25, -0.2) is 0 Å². The van der Waals surface area contributed by atoms with Gasteiger partial charge in [-0.05, 0) is 58.7 Å². The molecular weight excluding hydrogens is 168 g/mol. The van der Waals surface area contributed by atoms with Crippen molar-refractivity contribution in [3.8, 4) is 0 Å². The molecule has 0 saturated heterocycles. The van der Waals surface area contributed by atoms with E-state index in [-0.39, 0.29) is 0 Å².